The predicted molar refractivity (Wildman–Crippen MR) is 79.0 cm³/mol. The summed E-state index contributed by atoms with van der Waals surface area (Å²) in [6.07, 6.45) is 0. The molecule has 0 aromatic heterocycles. The lowest BCUT2D eigenvalue weighted by atomic mass is 10.2. The van der Waals surface area contributed by atoms with Crippen LogP contribution >= 0.6 is 0 Å². The number of nitroso groups, excluding NO2 is 2. The summed E-state index contributed by atoms with van der Waals surface area (Å²) in [7, 11) is 0. The maximum Gasteiger partial charge on any atom is 0.269 e. The summed E-state index contributed by atoms with van der Waals surface area (Å²) < 4.78 is 0. The average Bonchev–Trinajstić information content (AvgIpc) is 2.53. The third-order valence-electron chi connectivity index (χ3n) is 2.70. The normalized spacial score (nSPS) is 10.5. The van der Waals surface area contributed by atoms with Gasteiger partial charge in [0.15, 0.2) is 5.69 Å². The predicted octanol–water partition coefficient (Wildman–Crippen LogP) is 4.39. The highest BCUT2D eigenvalue weighted by Gasteiger charge is 2.12. The second-order valence-electron chi connectivity index (χ2n) is 4.02. The quantitative estimate of drug-likeness (QED) is 0.285. The molecule has 0 aliphatic heterocycles. The van der Waals surface area contributed by atoms with Crippen LogP contribution in [0.25, 0.3) is 0 Å². The largest absolute Gasteiger partial charge is 0.395 e. The van der Waals surface area contributed by atoms with Crippen molar-refractivity contribution in [1.82, 2.24) is 0 Å². The van der Waals surface area contributed by atoms with Crippen molar-refractivity contribution in [3.63, 3.8) is 0 Å². The lowest BCUT2D eigenvalue weighted by Crippen LogP contribution is -1.86. The molecule has 0 bridgehead atoms. The number of rotatable bonds is 5. The fourth-order valence-corrected chi connectivity index (χ4v) is 1.59. The third kappa shape index (κ3) is 2.95. The second kappa shape index (κ2) is 6.26. The summed E-state index contributed by atoms with van der Waals surface area (Å²) in [5, 5.41) is 23.5. The van der Waals surface area contributed by atoms with Crippen molar-refractivity contribution in [3.05, 3.63) is 56.3 Å². The summed E-state index contributed by atoms with van der Waals surface area (Å²) in [6.45, 7) is 0. The summed E-state index contributed by atoms with van der Waals surface area (Å²) >= 11 is 0. The number of nitrogen functional groups attached to an aromatic ring is 1. The van der Waals surface area contributed by atoms with Crippen LogP contribution in [0.4, 0.5) is 34.1 Å². The van der Waals surface area contributed by atoms with Gasteiger partial charge in [-0.15, -0.1) is 14.9 Å². The summed E-state index contributed by atoms with van der Waals surface area (Å²) in [5.74, 6) is 0. The molecule has 22 heavy (non-hydrogen) atoms. The Kier molecular flexibility index (Phi) is 4.22. The van der Waals surface area contributed by atoms with E-state index in [1.54, 1.807) is 0 Å². The number of nitrogens with two attached hydrogens (primary N) is 1. The molecule has 0 saturated carbocycles. The lowest BCUT2D eigenvalue weighted by molar-refractivity contribution is -0.384. The van der Waals surface area contributed by atoms with Crippen molar-refractivity contribution in [2.24, 2.45) is 20.6 Å². The number of hydrogen-bond donors (Lipinski definition) is 1. The zero-order valence-corrected chi connectivity index (χ0v) is 10.9. The van der Waals surface area contributed by atoms with Gasteiger partial charge in [-0.2, -0.15) is 5.11 Å². The first-order chi connectivity index (χ1) is 10.6. The second-order valence-corrected chi connectivity index (χ2v) is 4.02. The molecule has 0 fully saturated rings. The van der Waals surface area contributed by atoms with E-state index in [-0.39, 0.29) is 28.4 Å². The molecular weight excluding hydrogens is 292 g/mol. The summed E-state index contributed by atoms with van der Waals surface area (Å²) in [5.41, 5.74) is 5.31. The summed E-state index contributed by atoms with van der Waals surface area (Å²) in [4.78, 5) is 31.3. The van der Waals surface area contributed by atoms with Crippen LogP contribution in [0.1, 0.15) is 0 Å². The smallest absolute Gasteiger partial charge is 0.269 e. The molecule has 0 radical (unpaired) electrons. The number of nitrogens with zero attached hydrogens (tertiary/aromatic N) is 5. The third-order valence-corrected chi connectivity index (χ3v) is 2.70. The van der Waals surface area contributed by atoms with Gasteiger partial charge in [-0.25, -0.2) is 0 Å². The Morgan fingerprint density at radius 1 is 0.909 bits per heavy atom. The Balaban J connectivity index is 2.33. The highest BCUT2D eigenvalue weighted by atomic mass is 16.6. The number of nitro groups is 1. The molecule has 2 aromatic carbocycles. The molecule has 10 nitrogen and oxygen atoms in total. The lowest BCUT2D eigenvalue weighted by Gasteiger charge is -2.02. The van der Waals surface area contributed by atoms with Gasteiger partial charge in [-0.1, -0.05) is 0 Å². The van der Waals surface area contributed by atoms with Gasteiger partial charge in [-0.3, -0.25) is 10.1 Å². The van der Waals surface area contributed by atoms with Crippen LogP contribution in [0.15, 0.2) is 57.0 Å². The van der Waals surface area contributed by atoms with Gasteiger partial charge in [0.2, 0.25) is 0 Å². The molecule has 0 aliphatic carbocycles. The van der Waals surface area contributed by atoms with Gasteiger partial charge in [-0.05, 0) is 34.6 Å². The van der Waals surface area contributed by atoms with E-state index >= 15 is 0 Å². The summed E-state index contributed by atoms with van der Waals surface area (Å²) in [6, 6.07) is 7.91. The zero-order valence-electron chi connectivity index (χ0n) is 10.9. The number of nitro benzene ring substituents is 1. The van der Waals surface area contributed by atoms with Crippen LogP contribution in [0.3, 0.4) is 0 Å². The SMILES string of the molecule is Nc1c(N=O)ccc(N=Nc2ccc([N+](=O)[O-])cc2)c1N=O. The minimum absolute atomic E-state index is 0.0539. The van der Waals surface area contributed by atoms with Crippen LogP contribution in [0.2, 0.25) is 0 Å². The van der Waals surface area contributed by atoms with Gasteiger partial charge in [0.25, 0.3) is 5.69 Å². The van der Waals surface area contributed by atoms with Crippen molar-refractivity contribution >= 4 is 34.1 Å². The molecule has 10 heteroatoms. The van der Waals surface area contributed by atoms with E-state index in [1.165, 1.54) is 36.4 Å². The molecule has 0 amide bonds. The van der Waals surface area contributed by atoms with Crippen molar-refractivity contribution in [1.29, 1.82) is 0 Å². The molecule has 2 N–H and O–H groups in total. The van der Waals surface area contributed by atoms with E-state index in [9.17, 15) is 19.9 Å². The molecule has 0 atom stereocenters. The van der Waals surface area contributed by atoms with Crippen LogP contribution in [0.5, 0.6) is 0 Å². The van der Waals surface area contributed by atoms with Crippen LogP contribution in [-0.2, 0) is 0 Å². The molecule has 0 unspecified atom stereocenters. The van der Waals surface area contributed by atoms with E-state index in [0.29, 0.717) is 5.69 Å². The Morgan fingerprint density at radius 3 is 2.09 bits per heavy atom. The molecule has 110 valence electrons. The zero-order chi connectivity index (χ0) is 16.1. The van der Waals surface area contributed by atoms with E-state index in [4.69, 9.17) is 5.73 Å². The fourth-order valence-electron chi connectivity index (χ4n) is 1.59. The van der Waals surface area contributed by atoms with E-state index in [2.05, 4.69) is 20.6 Å². The van der Waals surface area contributed by atoms with Crippen LogP contribution in [0, 0.1) is 19.9 Å². The number of azo groups is 1. The van der Waals surface area contributed by atoms with Gasteiger partial charge >= 0.3 is 0 Å². The number of hydrogen-bond acceptors (Lipinski definition) is 9. The van der Waals surface area contributed by atoms with Gasteiger partial charge in [0.05, 0.1) is 16.3 Å². The van der Waals surface area contributed by atoms with Crippen LogP contribution < -0.4 is 5.73 Å². The first-order valence-electron chi connectivity index (χ1n) is 5.82. The monoisotopic (exact) mass is 300 g/mol. The standard InChI is InChI=1S/C12H8N6O4/c13-11-9(16-19)5-6-10(12(11)17-20)15-14-7-1-3-8(4-2-7)18(21)22/h1-6H,13H2. The molecular formula is C12H8N6O4. The highest BCUT2D eigenvalue weighted by Crippen LogP contribution is 2.40. The Hall–Kier alpha value is -3.56. The first kappa shape index (κ1) is 14.8. The highest BCUT2D eigenvalue weighted by molar-refractivity contribution is 5.84. The maximum atomic E-state index is 10.8. The minimum Gasteiger partial charge on any atom is -0.395 e. The Morgan fingerprint density at radius 2 is 1.55 bits per heavy atom. The number of non-ortho nitro benzene ring substituents is 1. The van der Waals surface area contributed by atoms with Crippen molar-refractivity contribution < 1.29 is 4.92 Å². The maximum absolute atomic E-state index is 10.8. The molecule has 0 heterocycles. The molecule has 2 rings (SSSR count). The molecule has 0 spiro atoms. The van der Waals surface area contributed by atoms with E-state index in [0.717, 1.165) is 0 Å². The Labute approximate surface area is 122 Å². The van der Waals surface area contributed by atoms with Crippen molar-refractivity contribution in [2.45, 2.75) is 0 Å². The molecule has 2 aromatic rings. The average molecular weight is 300 g/mol. The minimum atomic E-state index is -0.540. The van der Waals surface area contributed by atoms with E-state index < -0.39 is 4.92 Å². The van der Waals surface area contributed by atoms with Gasteiger partial charge < -0.3 is 5.73 Å². The van der Waals surface area contributed by atoms with Gasteiger partial charge in [0.1, 0.15) is 11.4 Å². The fraction of sp³-hybridized carbons (Fsp3) is 0. The van der Waals surface area contributed by atoms with Crippen molar-refractivity contribution in [3.8, 4) is 0 Å². The van der Waals surface area contributed by atoms with Crippen molar-refractivity contribution in [2.75, 3.05) is 5.73 Å². The Bertz CT molecular complexity index is 772. The topological polar surface area (TPSA) is 153 Å². The molecule has 0 saturated heterocycles. The number of anilines is 1. The number of benzene rings is 2. The van der Waals surface area contributed by atoms with Crippen LogP contribution in [-0.4, -0.2) is 4.92 Å². The van der Waals surface area contributed by atoms with Gasteiger partial charge in [0, 0.05) is 12.1 Å². The van der Waals surface area contributed by atoms with E-state index in [1.807, 2.05) is 0 Å². The first-order valence-corrected chi connectivity index (χ1v) is 5.82. The molecule has 0 aliphatic rings.